The molecule has 3 aromatic heterocycles. The summed E-state index contributed by atoms with van der Waals surface area (Å²) < 4.78 is 78.7. The molecule has 4 nitrogen and oxygen atoms in total. The largest absolute Gasteiger partial charge is 0.433 e. The lowest BCUT2D eigenvalue weighted by molar-refractivity contribution is -0.141. The summed E-state index contributed by atoms with van der Waals surface area (Å²) >= 11 is 0. The number of nitrogens with zero attached hydrogens (tertiary/aromatic N) is 4. The van der Waals surface area contributed by atoms with Crippen LogP contribution in [-0.2, 0) is 12.4 Å². The van der Waals surface area contributed by atoms with E-state index in [9.17, 15) is 26.3 Å². The maximum Gasteiger partial charge on any atom is 0.433 e. The van der Waals surface area contributed by atoms with Crippen molar-refractivity contribution in [1.82, 2.24) is 19.9 Å². The molecular formula is C22H12F6N4. The predicted molar refractivity (Wildman–Crippen MR) is 104 cm³/mol. The minimum atomic E-state index is -4.78. The Bertz CT molecular complexity index is 1240. The number of hydrogen-bond donors (Lipinski definition) is 0. The second-order valence-electron chi connectivity index (χ2n) is 6.71. The highest BCUT2D eigenvalue weighted by atomic mass is 19.4. The summed E-state index contributed by atoms with van der Waals surface area (Å²) in [6.45, 7) is 0. The van der Waals surface area contributed by atoms with Crippen LogP contribution in [0.2, 0.25) is 0 Å². The Balaban J connectivity index is 1.82. The minimum absolute atomic E-state index is 0.00411. The molecule has 0 amide bonds. The molecule has 0 atom stereocenters. The molecule has 4 rings (SSSR count). The molecule has 0 saturated carbocycles. The molecule has 10 heteroatoms. The number of rotatable bonds is 3. The second-order valence-corrected chi connectivity index (χ2v) is 6.71. The molecule has 0 unspecified atom stereocenters. The zero-order valence-corrected chi connectivity index (χ0v) is 16.0. The number of alkyl halides is 6. The van der Waals surface area contributed by atoms with Crippen molar-refractivity contribution in [3.8, 4) is 33.8 Å². The minimum Gasteiger partial charge on any atom is -0.264 e. The molecule has 4 aromatic rings. The van der Waals surface area contributed by atoms with Crippen molar-refractivity contribution < 1.29 is 26.3 Å². The van der Waals surface area contributed by atoms with Gasteiger partial charge in [0.25, 0.3) is 0 Å². The SMILES string of the molecule is FC(F)(F)c1ccc(-c2cc(C(F)(F)F)nc(-c3cccc(-c4cccnc4)c3)n2)cn1. The molecule has 32 heavy (non-hydrogen) atoms. The fraction of sp³-hybridized carbons (Fsp3) is 0.0909. The Kier molecular flexibility index (Phi) is 5.37. The van der Waals surface area contributed by atoms with Crippen molar-refractivity contribution in [1.29, 1.82) is 0 Å². The first-order valence-corrected chi connectivity index (χ1v) is 9.12. The van der Waals surface area contributed by atoms with Crippen molar-refractivity contribution in [2.45, 2.75) is 12.4 Å². The second kappa shape index (κ2) is 8.03. The quantitative estimate of drug-likeness (QED) is 0.347. The maximum atomic E-state index is 13.5. The van der Waals surface area contributed by atoms with E-state index in [1.54, 1.807) is 48.8 Å². The lowest BCUT2D eigenvalue weighted by Crippen LogP contribution is -2.11. The van der Waals surface area contributed by atoms with Crippen molar-refractivity contribution in [2.24, 2.45) is 0 Å². The van der Waals surface area contributed by atoms with E-state index < -0.39 is 23.7 Å². The van der Waals surface area contributed by atoms with E-state index in [0.29, 0.717) is 23.3 Å². The average molecular weight is 446 g/mol. The van der Waals surface area contributed by atoms with E-state index >= 15 is 0 Å². The first-order valence-electron chi connectivity index (χ1n) is 9.12. The van der Waals surface area contributed by atoms with Gasteiger partial charge in [-0.3, -0.25) is 9.97 Å². The van der Waals surface area contributed by atoms with Crippen LogP contribution in [-0.4, -0.2) is 19.9 Å². The molecule has 1 aromatic carbocycles. The summed E-state index contributed by atoms with van der Waals surface area (Å²) in [4.78, 5) is 15.1. The summed E-state index contributed by atoms with van der Waals surface area (Å²) in [7, 11) is 0. The number of pyridine rings is 2. The summed E-state index contributed by atoms with van der Waals surface area (Å²) in [5, 5.41) is 0. The van der Waals surface area contributed by atoms with Gasteiger partial charge in [-0.05, 0) is 35.9 Å². The van der Waals surface area contributed by atoms with Crippen molar-refractivity contribution in [3.05, 3.63) is 84.6 Å². The maximum absolute atomic E-state index is 13.5. The Morgan fingerprint density at radius 1 is 0.594 bits per heavy atom. The Labute approximate surface area is 177 Å². The fourth-order valence-corrected chi connectivity index (χ4v) is 2.95. The molecule has 0 aliphatic carbocycles. The molecule has 0 fully saturated rings. The van der Waals surface area contributed by atoms with Crippen LogP contribution >= 0.6 is 0 Å². The first-order chi connectivity index (χ1) is 15.1. The number of halogens is 6. The standard InChI is InChI=1S/C22H12F6N4/c23-21(24,25)18-7-6-16(12-30-18)17-10-19(22(26,27)28)32-20(31-17)14-4-1-3-13(9-14)15-5-2-8-29-11-15/h1-12H. The molecule has 3 heterocycles. The number of hydrogen-bond acceptors (Lipinski definition) is 4. The molecule has 0 aliphatic rings. The van der Waals surface area contributed by atoms with Crippen LogP contribution in [0.25, 0.3) is 33.8 Å². The molecule has 0 spiro atoms. The van der Waals surface area contributed by atoms with Gasteiger partial charge >= 0.3 is 12.4 Å². The lowest BCUT2D eigenvalue weighted by atomic mass is 10.0. The van der Waals surface area contributed by atoms with Crippen LogP contribution in [0.3, 0.4) is 0 Å². The smallest absolute Gasteiger partial charge is 0.264 e. The highest BCUT2D eigenvalue weighted by Gasteiger charge is 2.35. The molecular weight excluding hydrogens is 434 g/mol. The van der Waals surface area contributed by atoms with Crippen molar-refractivity contribution in [3.63, 3.8) is 0 Å². The van der Waals surface area contributed by atoms with Crippen LogP contribution in [0.4, 0.5) is 26.3 Å². The third-order valence-electron chi connectivity index (χ3n) is 4.48. The fourth-order valence-electron chi connectivity index (χ4n) is 2.95. The Hall–Kier alpha value is -3.82. The van der Waals surface area contributed by atoms with E-state index in [-0.39, 0.29) is 17.1 Å². The van der Waals surface area contributed by atoms with Gasteiger partial charge in [-0.25, -0.2) is 9.97 Å². The summed E-state index contributed by atoms with van der Waals surface area (Å²) in [6, 6.07) is 12.5. The van der Waals surface area contributed by atoms with Gasteiger partial charge in [-0.2, -0.15) is 26.3 Å². The normalized spacial score (nSPS) is 12.1. The molecule has 0 saturated heterocycles. The van der Waals surface area contributed by atoms with Gasteiger partial charge in [0.1, 0.15) is 11.4 Å². The van der Waals surface area contributed by atoms with E-state index in [1.807, 2.05) is 0 Å². The van der Waals surface area contributed by atoms with Crippen LogP contribution in [0.5, 0.6) is 0 Å². The number of benzene rings is 1. The lowest BCUT2D eigenvalue weighted by Gasteiger charge is -2.12. The average Bonchev–Trinajstić information content (AvgIpc) is 2.78. The van der Waals surface area contributed by atoms with Crippen molar-refractivity contribution >= 4 is 0 Å². The monoisotopic (exact) mass is 446 g/mol. The van der Waals surface area contributed by atoms with Gasteiger partial charge in [0.15, 0.2) is 5.82 Å². The molecule has 162 valence electrons. The number of aromatic nitrogens is 4. The van der Waals surface area contributed by atoms with Crippen LogP contribution < -0.4 is 0 Å². The highest BCUT2D eigenvalue weighted by molar-refractivity contribution is 5.71. The van der Waals surface area contributed by atoms with E-state index in [2.05, 4.69) is 19.9 Å². The summed E-state index contributed by atoms with van der Waals surface area (Å²) in [5.41, 5.74) is -0.841. The topological polar surface area (TPSA) is 51.6 Å². The van der Waals surface area contributed by atoms with Gasteiger partial charge in [0, 0.05) is 35.3 Å². The third kappa shape index (κ3) is 4.58. The molecule has 0 aliphatic heterocycles. The van der Waals surface area contributed by atoms with E-state index in [1.165, 1.54) is 0 Å². The first kappa shape index (κ1) is 21.4. The van der Waals surface area contributed by atoms with Gasteiger partial charge in [0.2, 0.25) is 0 Å². The van der Waals surface area contributed by atoms with E-state index in [0.717, 1.165) is 17.8 Å². The van der Waals surface area contributed by atoms with Crippen LogP contribution in [0.1, 0.15) is 11.4 Å². The zero-order chi connectivity index (χ0) is 22.9. The molecule has 0 bridgehead atoms. The van der Waals surface area contributed by atoms with Crippen LogP contribution in [0, 0.1) is 0 Å². The van der Waals surface area contributed by atoms with Gasteiger partial charge in [-0.1, -0.05) is 24.3 Å². The van der Waals surface area contributed by atoms with Gasteiger partial charge in [0.05, 0.1) is 5.69 Å². The third-order valence-corrected chi connectivity index (χ3v) is 4.48. The van der Waals surface area contributed by atoms with Gasteiger partial charge in [-0.15, -0.1) is 0 Å². The Morgan fingerprint density at radius 3 is 1.94 bits per heavy atom. The Morgan fingerprint density at radius 2 is 1.31 bits per heavy atom. The summed E-state index contributed by atoms with van der Waals surface area (Å²) in [6.07, 6.45) is -5.42. The van der Waals surface area contributed by atoms with Crippen molar-refractivity contribution in [2.75, 3.05) is 0 Å². The molecule has 0 radical (unpaired) electrons. The van der Waals surface area contributed by atoms with Crippen LogP contribution in [0.15, 0.2) is 73.2 Å². The predicted octanol–water partition coefficient (Wildman–Crippen LogP) is 6.31. The summed E-state index contributed by atoms with van der Waals surface area (Å²) in [5.74, 6) is -0.222. The van der Waals surface area contributed by atoms with Gasteiger partial charge < -0.3 is 0 Å². The highest BCUT2D eigenvalue weighted by Crippen LogP contribution is 2.34. The molecule has 0 N–H and O–H groups in total. The zero-order valence-electron chi connectivity index (χ0n) is 16.0. The van der Waals surface area contributed by atoms with E-state index in [4.69, 9.17) is 0 Å².